The highest BCUT2D eigenvalue weighted by molar-refractivity contribution is 5.96. The van der Waals surface area contributed by atoms with Crippen LogP contribution in [0.15, 0.2) is 47.3 Å². The summed E-state index contributed by atoms with van der Waals surface area (Å²) in [6.07, 6.45) is 17.3. The monoisotopic (exact) mass is 670 g/mol. The molecular formula is C39H50N4O6. The average Bonchev–Trinajstić information content (AvgIpc) is 3.60. The van der Waals surface area contributed by atoms with Crippen molar-refractivity contribution in [3.05, 3.63) is 47.7 Å². The number of carboxylic acids is 1. The Bertz CT molecular complexity index is 1720. The Labute approximate surface area is 288 Å². The summed E-state index contributed by atoms with van der Waals surface area (Å²) in [6.45, 7) is 7.81. The lowest BCUT2D eigenvalue weighted by Gasteiger charge is -2.58. The number of nitrogens with one attached hydrogen (secondary N) is 3. The van der Waals surface area contributed by atoms with Gasteiger partial charge in [-0.3, -0.25) is 9.59 Å². The second kappa shape index (κ2) is 13.3. The molecule has 0 spiro atoms. The number of H-pyrrole nitrogens is 1. The van der Waals surface area contributed by atoms with E-state index in [0.29, 0.717) is 24.2 Å². The lowest BCUT2D eigenvalue weighted by molar-refractivity contribution is -0.142. The molecule has 2 aromatic rings. The van der Waals surface area contributed by atoms with Crippen molar-refractivity contribution in [2.24, 2.45) is 39.7 Å². The van der Waals surface area contributed by atoms with Gasteiger partial charge in [0.05, 0.1) is 5.71 Å². The van der Waals surface area contributed by atoms with Crippen LogP contribution in [0.25, 0.3) is 10.9 Å². The first-order valence-corrected chi connectivity index (χ1v) is 17.8. The molecule has 0 bridgehead atoms. The van der Waals surface area contributed by atoms with E-state index in [1.807, 2.05) is 24.3 Å². The Morgan fingerprint density at radius 1 is 1.08 bits per heavy atom. The fourth-order valence-corrected chi connectivity index (χ4v) is 9.80. The average molecular weight is 671 g/mol. The minimum atomic E-state index is -1.17. The molecule has 4 aliphatic carbocycles. The third-order valence-electron chi connectivity index (χ3n) is 12.7. The zero-order chi connectivity index (χ0) is 35.1. The van der Waals surface area contributed by atoms with Gasteiger partial charge in [-0.2, -0.15) is 0 Å². The van der Waals surface area contributed by atoms with E-state index in [2.05, 4.69) is 46.6 Å². The zero-order valence-electron chi connectivity index (χ0n) is 29.1. The van der Waals surface area contributed by atoms with Crippen molar-refractivity contribution >= 4 is 34.4 Å². The minimum absolute atomic E-state index is 0.0668. The van der Waals surface area contributed by atoms with Crippen LogP contribution in [0.3, 0.4) is 0 Å². The quantitative estimate of drug-likeness (QED) is 0.175. The van der Waals surface area contributed by atoms with Gasteiger partial charge in [0.1, 0.15) is 17.7 Å². The van der Waals surface area contributed by atoms with Crippen molar-refractivity contribution in [3.8, 4) is 12.3 Å². The molecule has 0 saturated heterocycles. The number of amides is 2. The number of hydrogen-bond donors (Lipinski definition) is 5. The van der Waals surface area contributed by atoms with Gasteiger partial charge in [0.25, 0.3) is 5.91 Å². The van der Waals surface area contributed by atoms with Crippen molar-refractivity contribution in [2.45, 2.75) is 103 Å². The second-order valence-corrected chi connectivity index (χ2v) is 15.6. The van der Waals surface area contributed by atoms with Crippen LogP contribution >= 0.6 is 0 Å². The highest BCUT2D eigenvalue weighted by Crippen LogP contribution is 2.67. The molecule has 0 radical (unpaired) electrons. The number of para-hydroxylation sites is 1. The molecule has 2 amide bonds. The lowest BCUT2D eigenvalue weighted by atomic mass is 9.46. The van der Waals surface area contributed by atoms with E-state index in [1.165, 1.54) is 5.57 Å². The normalized spacial score (nSPS) is 32.6. The van der Waals surface area contributed by atoms with Gasteiger partial charge in [0.15, 0.2) is 6.61 Å². The van der Waals surface area contributed by atoms with Crippen LogP contribution in [0.1, 0.15) is 84.6 Å². The molecule has 1 aromatic carbocycles. The van der Waals surface area contributed by atoms with E-state index in [4.69, 9.17) is 11.3 Å². The number of terminal acetylenes is 1. The fraction of sp³-hybridized carbons (Fsp3) is 0.590. The number of carbonyl (C=O) groups is 3. The van der Waals surface area contributed by atoms with Crippen LogP contribution < -0.4 is 10.6 Å². The molecule has 10 nitrogen and oxygen atoms in total. The third-order valence-corrected chi connectivity index (χ3v) is 12.7. The first-order valence-electron chi connectivity index (χ1n) is 17.8. The second-order valence-electron chi connectivity index (χ2n) is 15.6. The Morgan fingerprint density at radius 2 is 1.84 bits per heavy atom. The van der Waals surface area contributed by atoms with Crippen LogP contribution in [0.2, 0.25) is 0 Å². The number of allylic oxidation sites excluding steroid dienone is 2. The standard InChI is InChI=1S/C39H50N4O6/c1-6-39(48)18-15-30-28-12-11-25-20-26(13-16-37(25,4)29(28)14-17-38(30,39)5)43-49-22-33(44)42-34(23(2)3)35(45)41-32(36(46)47)19-24-21-40-31-10-8-7-9-27(24)31/h1,7-10,20-21,23,28-30,32,34,40,48H,11-19,22H2,2-5H3,(H,41,45)(H,42,44)(H,46,47)/b43-26+/t28-,29+,30+,32-,34+,37+,38+,39-/m1/s1. The minimum Gasteiger partial charge on any atom is -0.480 e. The number of benzene rings is 1. The molecule has 0 aliphatic heterocycles. The number of aromatic amines is 1. The molecule has 6 rings (SSSR count). The molecule has 10 heteroatoms. The Balaban J connectivity index is 1.04. The fourth-order valence-electron chi connectivity index (χ4n) is 9.80. The Kier molecular flexibility index (Phi) is 9.44. The predicted octanol–water partition coefficient (Wildman–Crippen LogP) is 5.12. The number of nitrogens with zero attached hydrogens (tertiary/aromatic N) is 1. The molecular weight excluding hydrogens is 620 g/mol. The van der Waals surface area contributed by atoms with E-state index in [1.54, 1.807) is 20.0 Å². The maximum Gasteiger partial charge on any atom is 0.326 e. The SMILES string of the molecule is C#C[C@@]1(O)CC[C@H]2[C@@H]3CCC4=C/C(=N/OCC(=O)N[C@H](C(=O)N[C@H](Cc5c[nH]c6ccccc56)C(=O)O)C(C)C)CC[C@]4(C)[C@H]3CC[C@@]21C. The van der Waals surface area contributed by atoms with Gasteiger partial charge in [-0.15, -0.1) is 6.42 Å². The van der Waals surface area contributed by atoms with E-state index in [-0.39, 0.29) is 29.8 Å². The molecule has 5 N–H and O–H groups in total. The van der Waals surface area contributed by atoms with Crippen LogP contribution in [0, 0.1) is 46.8 Å². The molecule has 1 heterocycles. The van der Waals surface area contributed by atoms with E-state index in [0.717, 1.165) is 67.1 Å². The summed E-state index contributed by atoms with van der Waals surface area (Å²) in [5.41, 5.74) is 2.70. The van der Waals surface area contributed by atoms with Crippen LogP contribution in [-0.4, -0.2) is 63.0 Å². The van der Waals surface area contributed by atoms with Crippen LogP contribution in [-0.2, 0) is 25.6 Å². The molecule has 8 atom stereocenters. The summed E-state index contributed by atoms with van der Waals surface area (Å²) >= 11 is 0. The van der Waals surface area contributed by atoms with Crippen LogP contribution in [0.4, 0.5) is 0 Å². The van der Waals surface area contributed by atoms with Gasteiger partial charge in [-0.05, 0) is 98.2 Å². The Hall–Kier alpha value is -4.10. The summed E-state index contributed by atoms with van der Waals surface area (Å²) in [5, 5.41) is 31.7. The number of fused-ring (bicyclic) bond motifs is 6. The van der Waals surface area contributed by atoms with E-state index in [9.17, 15) is 24.6 Å². The van der Waals surface area contributed by atoms with Crippen molar-refractivity contribution < 1.29 is 29.4 Å². The number of carbonyl (C=O) groups excluding carboxylic acids is 2. The molecule has 4 aliphatic rings. The van der Waals surface area contributed by atoms with Gasteiger partial charge in [0, 0.05) is 28.9 Å². The topological polar surface area (TPSA) is 153 Å². The van der Waals surface area contributed by atoms with Crippen molar-refractivity contribution in [1.29, 1.82) is 0 Å². The van der Waals surface area contributed by atoms with Gasteiger partial charge < -0.3 is 30.7 Å². The molecule has 1 aromatic heterocycles. The maximum atomic E-state index is 13.2. The predicted molar refractivity (Wildman–Crippen MR) is 187 cm³/mol. The smallest absolute Gasteiger partial charge is 0.326 e. The van der Waals surface area contributed by atoms with Gasteiger partial charge in [-0.25, -0.2) is 4.79 Å². The number of aromatic nitrogens is 1. The van der Waals surface area contributed by atoms with Crippen molar-refractivity contribution in [1.82, 2.24) is 15.6 Å². The number of aliphatic hydroxyl groups is 1. The van der Waals surface area contributed by atoms with Crippen molar-refractivity contribution in [2.75, 3.05) is 6.61 Å². The highest BCUT2D eigenvalue weighted by atomic mass is 16.6. The third kappa shape index (κ3) is 6.27. The number of hydrogen-bond acceptors (Lipinski definition) is 6. The number of oxime groups is 1. The van der Waals surface area contributed by atoms with Gasteiger partial charge >= 0.3 is 5.97 Å². The van der Waals surface area contributed by atoms with Gasteiger partial charge in [0.2, 0.25) is 5.91 Å². The maximum absolute atomic E-state index is 13.2. The molecule has 3 saturated carbocycles. The highest BCUT2D eigenvalue weighted by Gasteiger charge is 2.63. The van der Waals surface area contributed by atoms with Gasteiger partial charge in [-0.1, -0.05) is 62.5 Å². The largest absolute Gasteiger partial charge is 0.480 e. The number of rotatable bonds is 10. The van der Waals surface area contributed by atoms with E-state index < -0.39 is 35.5 Å². The first-order chi connectivity index (χ1) is 23.3. The summed E-state index contributed by atoms with van der Waals surface area (Å²) in [4.78, 5) is 46.9. The first kappa shape index (κ1) is 34.8. The number of carboxylic acid groups (broad SMARTS) is 1. The Morgan fingerprint density at radius 3 is 2.57 bits per heavy atom. The lowest BCUT2D eigenvalue weighted by Crippen LogP contribution is -2.54. The molecule has 0 unspecified atom stereocenters. The summed E-state index contributed by atoms with van der Waals surface area (Å²) < 4.78 is 0. The molecule has 262 valence electrons. The summed E-state index contributed by atoms with van der Waals surface area (Å²) in [6, 6.07) is 5.45. The summed E-state index contributed by atoms with van der Waals surface area (Å²) in [5.74, 6) is 1.76. The molecule has 3 fully saturated rings. The van der Waals surface area contributed by atoms with E-state index >= 15 is 0 Å². The molecule has 49 heavy (non-hydrogen) atoms. The zero-order valence-corrected chi connectivity index (χ0v) is 29.1. The number of aliphatic carboxylic acids is 1. The summed E-state index contributed by atoms with van der Waals surface area (Å²) in [7, 11) is 0. The van der Waals surface area contributed by atoms with Crippen LogP contribution in [0.5, 0.6) is 0 Å². The van der Waals surface area contributed by atoms with Crippen molar-refractivity contribution in [3.63, 3.8) is 0 Å².